The molecule has 4 rings (SSSR count). The number of aromatic nitrogens is 2. The quantitative estimate of drug-likeness (QED) is 0.523. The highest BCUT2D eigenvalue weighted by molar-refractivity contribution is 14.1. The highest BCUT2D eigenvalue weighted by atomic mass is 127. The van der Waals surface area contributed by atoms with E-state index >= 15 is 0 Å². The minimum absolute atomic E-state index is 0.314. The Labute approximate surface area is 167 Å². The summed E-state index contributed by atoms with van der Waals surface area (Å²) in [7, 11) is 0. The fraction of sp³-hybridized carbons (Fsp3) is 0.278. The van der Waals surface area contributed by atoms with Crippen molar-refractivity contribution in [3.8, 4) is 0 Å². The molecular formula is C18H15F2IN4O2. The van der Waals surface area contributed by atoms with Gasteiger partial charge >= 0.3 is 0 Å². The molecule has 140 valence electrons. The highest BCUT2D eigenvalue weighted by Crippen LogP contribution is 2.23. The van der Waals surface area contributed by atoms with Gasteiger partial charge in [-0.05, 0) is 53.8 Å². The third-order valence-corrected chi connectivity index (χ3v) is 5.06. The summed E-state index contributed by atoms with van der Waals surface area (Å²) in [6, 6.07) is 6.40. The van der Waals surface area contributed by atoms with Crippen LogP contribution in [0.1, 0.15) is 16.1 Å². The molecule has 1 aromatic carbocycles. The van der Waals surface area contributed by atoms with Crippen LogP contribution in [-0.4, -0.2) is 47.0 Å². The number of pyridine rings is 1. The first-order valence-electron chi connectivity index (χ1n) is 8.35. The van der Waals surface area contributed by atoms with Gasteiger partial charge in [0.1, 0.15) is 17.2 Å². The number of piperazine rings is 1. The third-order valence-electron chi connectivity index (χ3n) is 4.44. The van der Waals surface area contributed by atoms with Crippen LogP contribution in [-0.2, 0) is 0 Å². The molecule has 1 aliphatic rings. The maximum Gasteiger partial charge on any atom is 0.300 e. The standard InChI is InChI=1S/C18H15F2IN4O2/c1-10-2-3-14-16(22-10)23-18(27-14)25-6-4-24(5-7-25)17(26)15-12(19)8-11(21)9-13(15)20/h2-3,8-9H,4-7H2,1H3. The summed E-state index contributed by atoms with van der Waals surface area (Å²) in [5.74, 6) is -2.32. The molecule has 0 bridgehead atoms. The second-order valence-electron chi connectivity index (χ2n) is 6.29. The van der Waals surface area contributed by atoms with Gasteiger partial charge in [0.2, 0.25) is 5.65 Å². The van der Waals surface area contributed by atoms with Crippen molar-refractivity contribution in [2.45, 2.75) is 6.92 Å². The van der Waals surface area contributed by atoms with Crippen LogP contribution in [0.4, 0.5) is 14.8 Å². The zero-order chi connectivity index (χ0) is 19.1. The summed E-state index contributed by atoms with van der Waals surface area (Å²) in [6.07, 6.45) is 0. The van der Waals surface area contributed by atoms with Crippen molar-refractivity contribution in [1.82, 2.24) is 14.9 Å². The molecule has 1 aliphatic heterocycles. The Morgan fingerprint density at radius 1 is 1.11 bits per heavy atom. The molecule has 0 atom stereocenters. The lowest BCUT2D eigenvalue weighted by Gasteiger charge is -2.33. The Morgan fingerprint density at radius 3 is 2.44 bits per heavy atom. The molecule has 0 unspecified atom stereocenters. The Balaban J connectivity index is 1.49. The normalized spacial score (nSPS) is 14.8. The average Bonchev–Trinajstić information content (AvgIpc) is 3.04. The number of halogens is 3. The molecule has 0 radical (unpaired) electrons. The lowest BCUT2D eigenvalue weighted by molar-refractivity contribution is 0.0735. The van der Waals surface area contributed by atoms with Gasteiger partial charge in [0.25, 0.3) is 11.9 Å². The van der Waals surface area contributed by atoms with Crippen LogP contribution >= 0.6 is 22.6 Å². The number of carbonyl (C=O) groups excluding carboxylic acids is 1. The minimum Gasteiger partial charge on any atom is -0.422 e. The number of anilines is 1. The van der Waals surface area contributed by atoms with Crippen LogP contribution < -0.4 is 4.90 Å². The van der Waals surface area contributed by atoms with E-state index in [-0.39, 0.29) is 0 Å². The van der Waals surface area contributed by atoms with Crippen LogP contribution in [0, 0.1) is 22.1 Å². The van der Waals surface area contributed by atoms with Crippen molar-refractivity contribution in [2.75, 3.05) is 31.1 Å². The van der Waals surface area contributed by atoms with Gasteiger partial charge < -0.3 is 14.2 Å². The fourth-order valence-corrected chi connectivity index (χ4v) is 3.59. The predicted octanol–water partition coefficient (Wildman–Crippen LogP) is 3.38. The first-order valence-corrected chi connectivity index (χ1v) is 9.43. The lowest BCUT2D eigenvalue weighted by atomic mass is 10.1. The van der Waals surface area contributed by atoms with Gasteiger partial charge in [0, 0.05) is 35.4 Å². The van der Waals surface area contributed by atoms with Crippen LogP contribution in [0.3, 0.4) is 0 Å². The van der Waals surface area contributed by atoms with Gasteiger partial charge in [-0.25, -0.2) is 13.8 Å². The number of carbonyl (C=O) groups is 1. The van der Waals surface area contributed by atoms with Crippen molar-refractivity contribution in [3.63, 3.8) is 0 Å². The number of aryl methyl sites for hydroxylation is 1. The molecule has 1 amide bonds. The number of oxazole rings is 1. The molecular weight excluding hydrogens is 469 g/mol. The molecule has 0 N–H and O–H groups in total. The SMILES string of the molecule is Cc1ccc2oc(N3CCN(C(=O)c4c(F)cc(I)cc4F)CC3)nc2n1. The highest BCUT2D eigenvalue weighted by Gasteiger charge is 2.28. The van der Waals surface area contributed by atoms with Crippen molar-refractivity contribution >= 4 is 45.7 Å². The zero-order valence-corrected chi connectivity index (χ0v) is 16.5. The van der Waals surface area contributed by atoms with Crippen LogP contribution in [0.2, 0.25) is 0 Å². The van der Waals surface area contributed by atoms with Crippen LogP contribution in [0.25, 0.3) is 11.2 Å². The van der Waals surface area contributed by atoms with Crippen LogP contribution in [0.5, 0.6) is 0 Å². The number of amides is 1. The summed E-state index contributed by atoms with van der Waals surface area (Å²) < 4.78 is 34.3. The maximum absolute atomic E-state index is 14.1. The second kappa shape index (κ2) is 7.02. The second-order valence-corrected chi connectivity index (χ2v) is 7.54. The summed E-state index contributed by atoms with van der Waals surface area (Å²) in [5.41, 5.74) is 1.47. The summed E-state index contributed by atoms with van der Waals surface area (Å²) in [6.45, 7) is 3.40. The minimum atomic E-state index is -0.841. The molecule has 2 aromatic heterocycles. The lowest BCUT2D eigenvalue weighted by Crippen LogP contribution is -2.49. The molecule has 3 heterocycles. The molecule has 27 heavy (non-hydrogen) atoms. The van der Waals surface area contributed by atoms with Crippen molar-refractivity contribution in [1.29, 1.82) is 0 Å². The monoisotopic (exact) mass is 484 g/mol. The van der Waals surface area contributed by atoms with E-state index in [0.29, 0.717) is 47.0 Å². The van der Waals surface area contributed by atoms with Gasteiger partial charge in [0.15, 0.2) is 5.58 Å². The number of hydrogen-bond donors (Lipinski definition) is 0. The van der Waals surface area contributed by atoms with E-state index in [1.54, 1.807) is 0 Å². The van der Waals surface area contributed by atoms with E-state index in [9.17, 15) is 13.6 Å². The number of nitrogens with zero attached hydrogens (tertiary/aromatic N) is 4. The molecule has 0 aliphatic carbocycles. The van der Waals surface area contributed by atoms with Gasteiger partial charge in [-0.15, -0.1) is 0 Å². The Morgan fingerprint density at radius 2 is 1.78 bits per heavy atom. The molecule has 3 aromatic rings. The van der Waals surface area contributed by atoms with Crippen LogP contribution in [0.15, 0.2) is 28.7 Å². The number of benzene rings is 1. The molecule has 6 nitrogen and oxygen atoms in total. The van der Waals surface area contributed by atoms with Gasteiger partial charge in [-0.2, -0.15) is 4.98 Å². The largest absolute Gasteiger partial charge is 0.422 e. The zero-order valence-electron chi connectivity index (χ0n) is 14.4. The summed E-state index contributed by atoms with van der Waals surface area (Å²) >= 11 is 1.81. The Kier molecular flexibility index (Phi) is 4.70. The Bertz CT molecular complexity index is 1010. The molecule has 9 heteroatoms. The third kappa shape index (κ3) is 3.47. The average molecular weight is 484 g/mol. The molecule has 1 fully saturated rings. The van der Waals surface area contributed by atoms with Crippen molar-refractivity contribution in [2.24, 2.45) is 0 Å². The molecule has 1 saturated heterocycles. The summed E-state index contributed by atoms with van der Waals surface area (Å²) in [5, 5.41) is 0. The topological polar surface area (TPSA) is 62.5 Å². The van der Waals surface area contributed by atoms with E-state index in [1.807, 2.05) is 46.5 Å². The smallest absolute Gasteiger partial charge is 0.300 e. The summed E-state index contributed by atoms with van der Waals surface area (Å²) in [4.78, 5) is 24.6. The Hall–Kier alpha value is -2.30. The van der Waals surface area contributed by atoms with E-state index in [2.05, 4.69) is 9.97 Å². The van der Waals surface area contributed by atoms with Crippen molar-refractivity contribution < 1.29 is 18.0 Å². The van der Waals surface area contributed by atoms with E-state index in [4.69, 9.17) is 4.42 Å². The molecule has 0 saturated carbocycles. The molecule has 0 spiro atoms. The van der Waals surface area contributed by atoms with E-state index < -0.39 is 23.1 Å². The van der Waals surface area contributed by atoms with Crippen molar-refractivity contribution in [3.05, 3.63) is 50.7 Å². The first kappa shape index (κ1) is 18.1. The maximum atomic E-state index is 14.1. The van der Waals surface area contributed by atoms with Gasteiger partial charge in [-0.3, -0.25) is 4.79 Å². The van der Waals surface area contributed by atoms with E-state index in [0.717, 1.165) is 17.8 Å². The van der Waals surface area contributed by atoms with Gasteiger partial charge in [0.05, 0.1) is 0 Å². The van der Waals surface area contributed by atoms with Gasteiger partial charge in [-0.1, -0.05) is 0 Å². The first-order chi connectivity index (χ1) is 12.9. The number of rotatable bonds is 2. The number of hydrogen-bond acceptors (Lipinski definition) is 5. The predicted molar refractivity (Wildman–Crippen MR) is 104 cm³/mol. The number of fused-ring (bicyclic) bond motifs is 1. The van der Waals surface area contributed by atoms with E-state index in [1.165, 1.54) is 4.90 Å². The fourth-order valence-electron chi connectivity index (χ4n) is 3.04.